The first-order valence-electron chi connectivity index (χ1n) is 6.20. The van der Waals surface area contributed by atoms with Gasteiger partial charge in [0.2, 0.25) is 0 Å². The molecule has 1 aromatic rings. The largest absolute Gasteiger partial charge is 0.396 e. The average molecular weight is 295 g/mol. The Hall–Kier alpha value is -1.78. The number of nitriles is 1. The highest BCUT2D eigenvalue weighted by molar-refractivity contribution is 7.17. The molecule has 6 nitrogen and oxygen atoms in total. The third-order valence-corrected chi connectivity index (χ3v) is 4.46. The van der Waals surface area contributed by atoms with Crippen LogP contribution in [0.25, 0.3) is 0 Å². The molecule has 0 atom stereocenters. The maximum atomic E-state index is 11.9. The van der Waals surface area contributed by atoms with Crippen molar-refractivity contribution < 1.29 is 4.79 Å². The first kappa shape index (κ1) is 16.3. The van der Waals surface area contributed by atoms with Crippen molar-refractivity contribution in [2.45, 2.75) is 19.4 Å². The van der Waals surface area contributed by atoms with Crippen LogP contribution in [0.15, 0.2) is 0 Å². The van der Waals surface area contributed by atoms with E-state index in [0.29, 0.717) is 22.0 Å². The van der Waals surface area contributed by atoms with Crippen LogP contribution < -0.4 is 16.4 Å². The van der Waals surface area contributed by atoms with Gasteiger partial charge in [-0.05, 0) is 27.9 Å². The van der Waals surface area contributed by atoms with E-state index in [1.54, 1.807) is 7.05 Å². The lowest BCUT2D eigenvalue weighted by Crippen LogP contribution is -2.44. The molecule has 0 bridgehead atoms. The molecule has 7 heteroatoms. The Balaban J connectivity index is 3.07. The van der Waals surface area contributed by atoms with Gasteiger partial charge >= 0.3 is 0 Å². The molecular weight excluding hydrogens is 274 g/mol. The maximum Gasteiger partial charge on any atom is 0.256 e. The van der Waals surface area contributed by atoms with Gasteiger partial charge < -0.3 is 21.3 Å². The van der Waals surface area contributed by atoms with E-state index < -0.39 is 0 Å². The van der Waals surface area contributed by atoms with Gasteiger partial charge in [-0.3, -0.25) is 4.79 Å². The molecule has 0 unspecified atom stereocenters. The number of rotatable bonds is 5. The molecule has 1 rings (SSSR count). The normalized spacial score (nSPS) is 11.2. The fraction of sp³-hybridized carbons (Fsp3) is 0.538. The highest BCUT2D eigenvalue weighted by atomic mass is 32.1. The summed E-state index contributed by atoms with van der Waals surface area (Å²) in [6.45, 7) is 4.80. The van der Waals surface area contributed by atoms with Crippen LogP contribution in [0.2, 0.25) is 0 Å². The summed E-state index contributed by atoms with van der Waals surface area (Å²) < 4.78 is 0. The van der Waals surface area contributed by atoms with E-state index in [-0.39, 0.29) is 17.1 Å². The summed E-state index contributed by atoms with van der Waals surface area (Å²) in [4.78, 5) is 14.3. The van der Waals surface area contributed by atoms with Gasteiger partial charge in [-0.2, -0.15) is 5.26 Å². The van der Waals surface area contributed by atoms with Crippen molar-refractivity contribution in [2.24, 2.45) is 0 Å². The molecule has 0 aliphatic rings. The second kappa shape index (κ2) is 6.11. The molecule has 0 saturated heterocycles. The van der Waals surface area contributed by atoms with Crippen molar-refractivity contribution in [2.75, 3.05) is 38.7 Å². The summed E-state index contributed by atoms with van der Waals surface area (Å²) in [7, 11) is 5.52. The second-order valence-corrected chi connectivity index (χ2v) is 6.32. The zero-order valence-electron chi connectivity index (χ0n) is 12.5. The minimum absolute atomic E-state index is 0.0917. The number of amides is 1. The highest BCUT2D eigenvalue weighted by Gasteiger charge is 2.25. The molecule has 0 aliphatic heterocycles. The first-order chi connectivity index (χ1) is 9.24. The molecular formula is C13H21N5OS. The minimum Gasteiger partial charge on any atom is -0.396 e. The number of hydrogen-bond donors (Lipinski definition) is 3. The highest BCUT2D eigenvalue weighted by Crippen LogP contribution is 2.35. The second-order valence-electron chi connectivity index (χ2n) is 5.30. The van der Waals surface area contributed by atoms with Gasteiger partial charge in [-0.15, -0.1) is 11.3 Å². The molecule has 1 aromatic heterocycles. The predicted molar refractivity (Wildman–Crippen MR) is 83.1 cm³/mol. The van der Waals surface area contributed by atoms with Gasteiger partial charge in [-0.25, -0.2) is 0 Å². The summed E-state index contributed by atoms with van der Waals surface area (Å²) in [5.41, 5.74) is 6.36. The van der Waals surface area contributed by atoms with E-state index in [9.17, 15) is 4.79 Å². The van der Waals surface area contributed by atoms with Crippen LogP contribution in [0, 0.1) is 11.3 Å². The van der Waals surface area contributed by atoms with Gasteiger partial charge in [0.15, 0.2) is 0 Å². The number of likely N-dealkylation sites (N-methyl/N-ethyl adjacent to an activating group) is 1. The summed E-state index contributed by atoms with van der Waals surface area (Å²) >= 11 is 1.21. The van der Waals surface area contributed by atoms with Crippen LogP contribution in [-0.4, -0.2) is 44.0 Å². The Morgan fingerprint density at radius 1 is 1.50 bits per heavy atom. The topological polar surface area (TPSA) is 94.2 Å². The quantitative estimate of drug-likeness (QED) is 0.761. The van der Waals surface area contributed by atoms with E-state index in [2.05, 4.69) is 29.4 Å². The fourth-order valence-corrected chi connectivity index (χ4v) is 2.37. The molecule has 20 heavy (non-hydrogen) atoms. The van der Waals surface area contributed by atoms with Crippen molar-refractivity contribution in [3.05, 3.63) is 10.4 Å². The van der Waals surface area contributed by atoms with Crippen molar-refractivity contribution in [3.63, 3.8) is 0 Å². The Morgan fingerprint density at radius 3 is 2.55 bits per heavy atom. The number of thiophene rings is 1. The SMILES string of the molecule is CNC(=O)c1c(NCC(C)(C)N(C)C)sc(C#N)c1N. The monoisotopic (exact) mass is 295 g/mol. The van der Waals surface area contributed by atoms with Gasteiger partial charge in [0.05, 0.1) is 11.3 Å². The van der Waals surface area contributed by atoms with Crippen molar-refractivity contribution >= 4 is 27.9 Å². The number of nitrogens with one attached hydrogen (secondary N) is 2. The number of nitrogens with two attached hydrogens (primary N) is 1. The lowest BCUT2D eigenvalue weighted by atomic mass is 10.0. The Kier molecular flexibility index (Phi) is 4.98. The van der Waals surface area contributed by atoms with Crippen LogP contribution in [0.3, 0.4) is 0 Å². The lowest BCUT2D eigenvalue weighted by Gasteiger charge is -2.32. The summed E-state index contributed by atoms with van der Waals surface area (Å²) in [6.07, 6.45) is 0. The zero-order valence-corrected chi connectivity index (χ0v) is 13.3. The third-order valence-electron chi connectivity index (χ3n) is 3.39. The number of hydrogen-bond acceptors (Lipinski definition) is 6. The number of anilines is 2. The predicted octanol–water partition coefficient (Wildman–Crippen LogP) is 1.31. The maximum absolute atomic E-state index is 11.9. The third kappa shape index (κ3) is 3.21. The molecule has 1 heterocycles. The van der Waals surface area contributed by atoms with E-state index in [1.807, 2.05) is 20.2 Å². The van der Waals surface area contributed by atoms with Crippen LogP contribution in [0.1, 0.15) is 29.1 Å². The zero-order chi connectivity index (χ0) is 15.5. The Labute approximate surface area is 123 Å². The standard InChI is InChI=1S/C13H21N5OS/c1-13(2,18(4)5)7-17-12-9(11(19)16-3)10(15)8(6-14)20-12/h17H,7,15H2,1-5H3,(H,16,19). The van der Waals surface area contributed by atoms with Gasteiger partial charge in [0.1, 0.15) is 15.9 Å². The molecule has 0 radical (unpaired) electrons. The van der Waals surface area contributed by atoms with E-state index >= 15 is 0 Å². The van der Waals surface area contributed by atoms with E-state index in [1.165, 1.54) is 11.3 Å². The molecule has 1 amide bonds. The molecule has 4 N–H and O–H groups in total. The molecule has 0 aromatic carbocycles. The van der Waals surface area contributed by atoms with E-state index in [4.69, 9.17) is 11.0 Å². The fourth-order valence-electron chi connectivity index (χ4n) is 1.46. The van der Waals surface area contributed by atoms with E-state index in [0.717, 1.165) is 0 Å². The minimum atomic E-state index is -0.287. The van der Waals surface area contributed by atoms with Gasteiger partial charge in [-0.1, -0.05) is 0 Å². The number of carbonyl (C=O) groups excluding carboxylic acids is 1. The first-order valence-corrected chi connectivity index (χ1v) is 7.02. The smallest absolute Gasteiger partial charge is 0.256 e. The number of carbonyl (C=O) groups is 1. The molecule has 110 valence electrons. The summed E-state index contributed by atoms with van der Waals surface area (Å²) in [6, 6.07) is 2.02. The summed E-state index contributed by atoms with van der Waals surface area (Å²) in [5, 5.41) is 15.5. The van der Waals surface area contributed by atoms with Crippen LogP contribution >= 0.6 is 11.3 Å². The Morgan fingerprint density at radius 2 is 2.10 bits per heavy atom. The Bertz CT molecular complexity index is 542. The lowest BCUT2D eigenvalue weighted by molar-refractivity contribution is 0.0965. The molecule has 0 saturated carbocycles. The van der Waals surface area contributed by atoms with Gasteiger partial charge in [0, 0.05) is 19.1 Å². The number of nitrogen functional groups attached to an aromatic ring is 1. The van der Waals surface area contributed by atoms with Gasteiger partial charge in [0.25, 0.3) is 5.91 Å². The van der Waals surface area contributed by atoms with Crippen LogP contribution in [-0.2, 0) is 0 Å². The summed E-state index contributed by atoms with van der Waals surface area (Å²) in [5.74, 6) is -0.287. The molecule has 0 aliphatic carbocycles. The van der Waals surface area contributed by atoms with Crippen molar-refractivity contribution in [3.8, 4) is 6.07 Å². The molecule has 0 fully saturated rings. The van der Waals surface area contributed by atoms with Crippen molar-refractivity contribution in [1.29, 1.82) is 5.26 Å². The van der Waals surface area contributed by atoms with Crippen LogP contribution in [0.4, 0.5) is 10.7 Å². The van der Waals surface area contributed by atoms with Crippen LogP contribution in [0.5, 0.6) is 0 Å². The van der Waals surface area contributed by atoms with Crippen molar-refractivity contribution in [1.82, 2.24) is 10.2 Å². The average Bonchev–Trinajstić information content (AvgIpc) is 2.71. The number of nitrogens with zero attached hydrogens (tertiary/aromatic N) is 2. The molecule has 0 spiro atoms.